The Balaban J connectivity index is 1.82. The fourth-order valence-electron chi connectivity index (χ4n) is 4.79. The van der Waals surface area contributed by atoms with Gasteiger partial charge in [-0.3, -0.25) is 13.9 Å². The Morgan fingerprint density at radius 3 is 2.13 bits per heavy atom. The van der Waals surface area contributed by atoms with E-state index >= 15 is 0 Å². The number of carbonyl (C=O) groups is 2. The summed E-state index contributed by atoms with van der Waals surface area (Å²) in [4.78, 5) is 29.9. The van der Waals surface area contributed by atoms with E-state index < -0.39 is 28.5 Å². The molecule has 2 atom stereocenters. The maximum absolute atomic E-state index is 14.5. The van der Waals surface area contributed by atoms with Crippen LogP contribution < -0.4 is 9.62 Å². The molecule has 0 saturated carbocycles. The van der Waals surface area contributed by atoms with Crippen LogP contribution in [-0.2, 0) is 32.6 Å². The summed E-state index contributed by atoms with van der Waals surface area (Å²) in [6.07, 6.45) is 0.924. The highest BCUT2D eigenvalue weighted by Gasteiger charge is 2.35. The van der Waals surface area contributed by atoms with E-state index in [1.165, 1.54) is 35.2 Å². The van der Waals surface area contributed by atoms with Gasteiger partial charge in [0.1, 0.15) is 12.6 Å². The lowest BCUT2D eigenvalue weighted by atomic mass is 10.0. The van der Waals surface area contributed by atoms with Crippen LogP contribution in [0.15, 0.2) is 106 Å². The third-order valence-electron chi connectivity index (χ3n) is 7.62. The lowest BCUT2D eigenvalue weighted by Gasteiger charge is -2.34. The zero-order valence-electron chi connectivity index (χ0n) is 25.8. The summed E-state index contributed by atoms with van der Waals surface area (Å²) in [5.74, 6) is -0.893. The number of aryl methyl sites for hydroxylation is 1. The van der Waals surface area contributed by atoms with Gasteiger partial charge in [-0.1, -0.05) is 106 Å². The van der Waals surface area contributed by atoms with E-state index in [-0.39, 0.29) is 45.5 Å². The maximum Gasteiger partial charge on any atom is 0.264 e. The molecule has 0 saturated heterocycles. The first-order chi connectivity index (χ1) is 21.9. The fraction of sp³-hybridized carbons (Fsp3) is 0.257. The van der Waals surface area contributed by atoms with Gasteiger partial charge in [0, 0.05) is 23.5 Å². The van der Waals surface area contributed by atoms with Gasteiger partial charge in [0.25, 0.3) is 10.0 Å². The van der Waals surface area contributed by atoms with Gasteiger partial charge in [0.05, 0.1) is 20.6 Å². The Kier molecular flexibility index (Phi) is 12.3. The smallest absolute Gasteiger partial charge is 0.264 e. The number of nitrogens with zero attached hydrogens (tertiary/aromatic N) is 2. The topological polar surface area (TPSA) is 86.8 Å². The Morgan fingerprint density at radius 1 is 0.870 bits per heavy atom. The number of sulfonamides is 1. The summed E-state index contributed by atoms with van der Waals surface area (Å²) >= 11 is 16.0. The molecule has 11 heteroatoms. The standard InChI is InChI=1S/C35H36BrCl2N3O4S/c1-4-25(3)39-35(43)33(20-26-8-6-5-7-9-26)40(22-27-12-14-28(36)15-13-27)34(42)23-41(29-16-19-31(37)32(38)21-29)46(44,45)30-17-10-24(2)11-18-30/h5-19,21,25,33H,4,20,22-23H2,1-3H3,(H,39,43)/t25-,33-/m1/s1. The Morgan fingerprint density at radius 2 is 1.52 bits per heavy atom. The largest absolute Gasteiger partial charge is 0.352 e. The zero-order chi connectivity index (χ0) is 33.4. The van der Waals surface area contributed by atoms with E-state index in [0.29, 0.717) is 6.42 Å². The van der Waals surface area contributed by atoms with Gasteiger partial charge in [0.2, 0.25) is 11.8 Å². The van der Waals surface area contributed by atoms with Crippen molar-refractivity contribution in [2.24, 2.45) is 0 Å². The molecule has 1 N–H and O–H groups in total. The average molecular weight is 746 g/mol. The summed E-state index contributed by atoms with van der Waals surface area (Å²) in [6, 6.07) is 26.6. The van der Waals surface area contributed by atoms with Gasteiger partial charge < -0.3 is 10.2 Å². The van der Waals surface area contributed by atoms with Crippen LogP contribution in [0.4, 0.5) is 5.69 Å². The SMILES string of the molecule is CC[C@@H](C)NC(=O)[C@@H](Cc1ccccc1)N(Cc1ccc(Br)cc1)C(=O)CN(c1ccc(Cl)c(Cl)c1)S(=O)(=O)c1ccc(C)cc1. The monoisotopic (exact) mass is 743 g/mol. The summed E-state index contributed by atoms with van der Waals surface area (Å²) in [6.45, 7) is 5.20. The minimum atomic E-state index is -4.26. The van der Waals surface area contributed by atoms with Crippen molar-refractivity contribution in [2.75, 3.05) is 10.8 Å². The number of benzene rings is 4. The van der Waals surface area contributed by atoms with Gasteiger partial charge in [0.15, 0.2) is 0 Å². The van der Waals surface area contributed by atoms with E-state index in [1.807, 2.05) is 75.4 Å². The second-order valence-electron chi connectivity index (χ2n) is 11.1. The molecule has 0 heterocycles. The lowest BCUT2D eigenvalue weighted by Crippen LogP contribution is -2.54. The molecule has 0 spiro atoms. The second-order valence-corrected chi connectivity index (χ2v) is 14.7. The van der Waals surface area contributed by atoms with Crippen molar-refractivity contribution in [3.63, 3.8) is 0 Å². The molecule has 4 rings (SSSR count). The molecule has 4 aromatic carbocycles. The van der Waals surface area contributed by atoms with Crippen LogP contribution in [0, 0.1) is 6.92 Å². The van der Waals surface area contributed by atoms with Gasteiger partial charge in [-0.15, -0.1) is 0 Å². The van der Waals surface area contributed by atoms with E-state index in [9.17, 15) is 18.0 Å². The molecule has 242 valence electrons. The van der Waals surface area contributed by atoms with Crippen molar-refractivity contribution in [3.8, 4) is 0 Å². The summed E-state index contributed by atoms with van der Waals surface area (Å²) in [5, 5.41) is 3.41. The maximum atomic E-state index is 14.5. The molecule has 0 aromatic heterocycles. The fourth-order valence-corrected chi connectivity index (χ4v) is 6.75. The van der Waals surface area contributed by atoms with Gasteiger partial charge in [-0.25, -0.2) is 8.42 Å². The molecule has 46 heavy (non-hydrogen) atoms. The molecule has 4 aromatic rings. The first-order valence-corrected chi connectivity index (χ1v) is 17.8. The molecule has 0 fully saturated rings. The summed E-state index contributed by atoms with van der Waals surface area (Å²) in [5.41, 5.74) is 2.67. The van der Waals surface area contributed by atoms with Gasteiger partial charge >= 0.3 is 0 Å². The number of hydrogen-bond acceptors (Lipinski definition) is 4. The Bertz CT molecular complexity index is 1760. The van der Waals surface area contributed by atoms with Crippen LogP contribution >= 0.6 is 39.1 Å². The number of carbonyl (C=O) groups excluding carboxylic acids is 2. The van der Waals surface area contributed by atoms with Crippen molar-refractivity contribution < 1.29 is 18.0 Å². The normalized spacial score (nSPS) is 12.7. The number of anilines is 1. The molecule has 0 radical (unpaired) electrons. The number of amides is 2. The molecule has 0 unspecified atom stereocenters. The molecule has 7 nitrogen and oxygen atoms in total. The molecular formula is C35H36BrCl2N3O4S. The molecule has 0 aliphatic heterocycles. The number of rotatable bonds is 13. The number of hydrogen-bond donors (Lipinski definition) is 1. The summed E-state index contributed by atoms with van der Waals surface area (Å²) in [7, 11) is -4.26. The molecule has 0 bridgehead atoms. The summed E-state index contributed by atoms with van der Waals surface area (Å²) < 4.78 is 30.2. The van der Waals surface area contributed by atoms with Crippen LogP contribution in [-0.4, -0.2) is 43.8 Å². The molecular weight excluding hydrogens is 709 g/mol. The van der Waals surface area contributed by atoms with Crippen molar-refractivity contribution in [2.45, 2.75) is 57.1 Å². The van der Waals surface area contributed by atoms with Crippen molar-refractivity contribution >= 4 is 66.7 Å². The van der Waals surface area contributed by atoms with Gasteiger partial charge in [-0.05, 0) is 73.9 Å². The predicted molar refractivity (Wildman–Crippen MR) is 189 cm³/mol. The first-order valence-electron chi connectivity index (χ1n) is 14.8. The van der Waals surface area contributed by atoms with Crippen molar-refractivity contribution in [1.29, 1.82) is 0 Å². The molecule has 0 aliphatic rings. The Hall–Kier alpha value is -3.37. The predicted octanol–water partition coefficient (Wildman–Crippen LogP) is 7.81. The molecule has 0 aliphatic carbocycles. The minimum Gasteiger partial charge on any atom is -0.352 e. The van der Waals surface area contributed by atoms with Crippen LogP contribution in [0.5, 0.6) is 0 Å². The van der Waals surface area contributed by atoms with E-state index in [1.54, 1.807) is 12.1 Å². The Labute approximate surface area is 289 Å². The highest BCUT2D eigenvalue weighted by atomic mass is 79.9. The quantitative estimate of drug-likeness (QED) is 0.151. The lowest BCUT2D eigenvalue weighted by molar-refractivity contribution is -0.140. The molecule has 2 amide bonds. The van der Waals surface area contributed by atoms with Crippen LogP contribution in [0.2, 0.25) is 10.0 Å². The van der Waals surface area contributed by atoms with Crippen LogP contribution in [0.3, 0.4) is 0 Å². The van der Waals surface area contributed by atoms with Crippen LogP contribution in [0.1, 0.15) is 37.0 Å². The third-order valence-corrected chi connectivity index (χ3v) is 10.7. The van der Waals surface area contributed by atoms with Crippen molar-refractivity contribution in [1.82, 2.24) is 10.2 Å². The number of halogens is 3. The zero-order valence-corrected chi connectivity index (χ0v) is 29.7. The van der Waals surface area contributed by atoms with Crippen molar-refractivity contribution in [3.05, 3.63) is 128 Å². The minimum absolute atomic E-state index is 0.00628. The van der Waals surface area contributed by atoms with E-state index in [0.717, 1.165) is 25.5 Å². The second kappa shape index (κ2) is 16.0. The van der Waals surface area contributed by atoms with E-state index in [2.05, 4.69) is 21.2 Å². The van der Waals surface area contributed by atoms with E-state index in [4.69, 9.17) is 23.2 Å². The highest BCUT2D eigenvalue weighted by Crippen LogP contribution is 2.31. The van der Waals surface area contributed by atoms with Gasteiger partial charge in [-0.2, -0.15) is 0 Å². The highest BCUT2D eigenvalue weighted by molar-refractivity contribution is 9.10. The average Bonchev–Trinajstić information content (AvgIpc) is 3.04. The number of nitrogens with one attached hydrogen (secondary N) is 1. The third kappa shape index (κ3) is 9.12. The van der Waals surface area contributed by atoms with Crippen LogP contribution in [0.25, 0.3) is 0 Å². The first kappa shape index (κ1) is 35.5.